The number of rotatable bonds is 5. The fraction of sp³-hybridized carbons (Fsp3) is 0.350. The number of carbonyl (C=O) groups excluding carboxylic acids is 1. The van der Waals surface area contributed by atoms with Crippen molar-refractivity contribution in [1.82, 2.24) is 5.32 Å². The molecule has 8 heteroatoms. The molecule has 0 bridgehead atoms. The first-order chi connectivity index (χ1) is 13.1. The van der Waals surface area contributed by atoms with E-state index in [2.05, 4.69) is 5.32 Å². The molecule has 0 spiro atoms. The van der Waals surface area contributed by atoms with Crippen LogP contribution in [0.25, 0.3) is 0 Å². The van der Waals surface area contributed by atoms with Crippen molar-refractivity contribution in [1.29, 1.82) is 0 Å². The van der Waals surface area contributed by atoms with Crippen molar-refractivity contribution in [2.24, 2.45) is 0 Å². The molecular weight excluding hydrogens is 383 g/mol. The van der Waals surface area contributed by atoms with Crippen LogP contribution in [0.4, 0.5) is 10.1 Å². The highest BCUT2D eigenvalue weighted by atomic mass is 32.2. The number of anilines is 1. The Balaban J connectivity index is 1.83. The second-order valence-electron chi connectivity index (χ2n) is 7.44. The fourth-order valence-electron chi connectivity index (χ4n) is 3.34. The van der Waals surface area contributed by atoms with Crippen LogP contribution in [-0.2, 0) is 14.8 Å². The summed E-state index contributed by atoms with van der Waals surface area (Å²) in [6.45, 7) is 3.33. The zero-order valence-corrected chi connectivity index (χ0v) is 16.8. The van der Waals surface area contributed by atoms with E-state index in [1.54, 1.807) is 0 Å². The van der Waals surface area contributed by atoms with Gasteiger partial charge in [-0.1, -0.05) is 30.3 Å². The van der Waals surface area contributed by atoms with Gasteiger partial charge >= 0.3 is 0 Å². The monoisotopic (exact) mass is 406 g/mol. The van der Waals surface area contributed by atoms with Crippen molar-refractivity contribution in [2.75, 3.05) is 17.1 Å². The van der Waals surface area contributed by atoms with Gasteiger partial charge in [0.05, 0.1) is 18.0 Å². The van der Waals surface area contributed by atoms with E-state index in [4.69, 9.17) is 4.74 Å². The number of benzene rings is 2. The third-order valence-corrected chi connectivity index (χ3v) is 5.65. The van der Waals surface area contributed by atoms with E-state index in [9.17, 15) is 17.6 Å². The van der Waals surface area contributed by atoms with Gasteiger partial charge in [0, 0.05) is 12.0 Å². The minimum Gasteiger partial charge on any atom is -0.487 e. The quantitative estimate of drug-likeness (QED) is 0.828. The molecule has 0 saturated carbocycles. The molecule has 0 fully saturated rings. The maximum Gasteiger partial charge on any atom is 0.241 e. The number of amides is 1. The molecule has 1 aliphatic rings. The van der Waals surface area contributed by atoms with Crippen LogP contribution in [0.3, 0.4) is 0 Å². The summed E-state index contributed by atoms with van der Waals surface area (Å²) in [6.07, 6.45) is 1.47. The minimum absolute atomic E-state index is 0.159. The van der Waals surface area contributed by atoms with Crippen LogP contribution in [0.15, 0.2) is 48.5 Å². The molecule has 1 aliphatic heterocycles. The van der Waals surface area contributed by atoms with Crippen LogP contribution in [0, 0.1) is 5.82 Å². The SMILES string of the molecule is CC1(C)C[C@H](NC(=O)CN(c2ccccc2F)S(C)(=O)=O)c2ccccc2O1. The molecule has 0 unspecified atom stereocenters. The molecule has 0 aromatic heterocycles. The lowest BCUT2D eigenvalue weighted by Crippen LogP contribution is -2.45. The lowest BCUT2D eigenvalue weighted by atomic mass is 9.89. The zero-order valence-electron chi connectivity index (χ0n) is 16.0. The van der Waals surface area contributed by atoms with E-state index in [0.29, 0.717) is 12.2 Å². The van der Waals surface area contributed by atoms with Crippen LogP contribution >= 0.6 is 0 Å². The lowest BCUT2D eigenvalue weighted by Gasteiger charge is -2.38. The smallest absolute Gasteiger partial charge is 0.241 e. The molecule has 150 valence electrons. The van der Waals surface area contributed by atoms with Crippen LogP contribution < -0.4 is 14.4 Å². The number of hydrogen-bond acceptors (Lipinski definition) is 4. The number of nitrogens with one attached hydrogen (secondary N) is 1. The topological polar surface area (TPSA) is 75.7 Å². The van der Waals surface area contributed by atoms with Gasteiger partial charge in [0.2, 0.25) is 15.9 Å². The van der Waals surface area contributed by atoms with E-state index in [0.717, 1.165) is 22.2 Å². The minimum atomic E-state index is -3.85. The molecular formula is C20H23FN2O4S. The number of ether oxygens (including phenoxy) is 1. The van der Waals surface area contributed by atoms with Gasteiger partial charge in [-0.05, 0) is 32.0 Å². The molecule has 1 N–H and O–H groups in total. The first kappa shape index (κ1) is 20.1. The Morgan fingerprint density at radius 1 is 1.21 bits per heavy atom. The Labute approximate surface area is 164 Å². The largest absolute Gasteiger partial charge is 0.487 e. The van der Waals surface area contributed by atoms with Crippen molar-refractivity contribution in [3.8, 4) is 5.75 Å². The summed E-state index contributed by atoms with van der Waals surface area (Å²) in [5.74, 6) is -0.553. The van der Waals surface area contributed by atoms with Crippen LogP contribution in [0.5, 0.6) is 5.75 Å². The van der Waals surface area contributed by atoms with E-state index in [1.165, 1.54) is 18.2 Å². The van der Waals surface area contributed by atoms with Crippen molar-refractivity contribution in [2.45, 2.75) is 31.9 Å². The highest BCUT2D eigenvalue weighted by Crippen LogP contribution is 2.39. The molecule has 2 aromatic carbocycles. The summed E-state index contributed by atoms with van der Waals surface area (Å²) >= 11 is 0. The van der Waals surface area contributed by atoms with Crippen LogP contribution in [0.1, 0.15) is 31.9 Å². The number of fused-ring (bicyclic) bond motifs is 1. The van der Waals surface area contributed by atoms with Gasteiger partial charge in [-0.15, -0.1) is 0 Å². The zero-order chi connectivity index (χ0) is 20.5. The van der Waals surface area contributed by atoms with Gasteiger partial charge in [0.15, 0.2) is 0 Å². The Hall–Kier alpha value is -2.61. The number of para-hydroxylation sites is 2. The second kappa shape index (κ2) is 7.43. The number of carbonyl (C=O) groups is 1. The van der Waals surface area contributed by atoms with Gasteiger partial charge in [0.1, 0.15) is 23.7 Å². The second-order valence-corrected chi connectivity index (χ2v) is 9.35. The first-order valence-corrected chi connectivity index (χ1v) is 10.7. The van der Waals surface area contributed by atoms with Crippen molar-refractivity contribution >= 4 is 21.6 Å². The van der Waals surface area contributed by atoms with Gasteiger partial charge < -0.3 is 10.1 Å². The lowest BCUT2D eigenvalue weighted by molar-refractivity contribution is -0.120. The molecule has 0 aliphatic carbocycles. The summed E-state index contributed by atoms with van der Waals surface area (Å²) in [4.78, 5) is 12.7. The molecule has 0 radical (unpaired) electrons. The summed E-state index contributed by atoms with van der Waals surface area (Å²) in [7, 11) is -3.85. The average Bonchev–Trinajstić information content (AvgIpc) is 2.58. The van der Waals surface area contributed by atoms with E-state index >= 15 is 0 Å². The molecule has 6 nitrogen and oxygen atoms in total. The van der Waals surface area contributed by atoms with Gasteiger partial charge in [-0.2, -0.15) is 0 Å². The number of sulfonamides is 1. The third-order valence-electron chi connectivity index (χ3n) is 4.52. The van der Waals surface area contributed by atoms with E-state index in [-0.39, 0.29) is 11.7 Å². The van der Waals surface area contributed by atoms with Crippen LogP contribution in [-0.4, -0.2) is 32.7 Å². The van der Waals surface area contributed by atoms with Gasteiger partial charge in [0.25, 0.3) is 0 Å². The maximum absolute atomic E-state index is 14.1. The number of nitrogens with zero attached hydrogens (tertiary/aromatic N) is 1. The predicted octanol–water partition coefficient (Wildman–Crippen LogP) is 3.01. The first-order valence-electron chi connectivity index (χ1n) is 8.86. The Bertz CT molecular complexity index is 991. The van der Waals surface area contributed by atoms with Crippen molar-refractivity contribution < 1.29 is 22.3 Å². The number of hydrogen-bond donors (Lipinski definition) is 1. The molecule has 0 saturated heterocycles. The standard InChI is InChI=1S/C20H23FN2O4S/c1-20(2)12-16(14-8-4-7-11-18(14)27-20)22-19(24)13-23(28(3,25)26)17-10-6-5-9-15(17)21/h4-11,16H,12-13H2,1-3H3,(H,22,24)/t16-/m0/s1. The van der Waals surface area contributed by atoms with Crippen molar-refractivity contribution in [3.63, 3.8) is 0 Å². The Morgan fingerprint density at radius 3 is 2.54 bits per heavy atom. The summed E-state index contributed by atoms with van der Waals surface area (Å²) < 4.78 is 45.2. The molecule has 1 heterocycles. The number of halogens is 1. The maximum atomic E-state index is 14.1. The van der Waals surface area contributed by atoms with E-state index < -0.39 is 33.9 Å². The molecule has 1 amide bonds. The normalized spacial score (nSPS) is 17.9. The molecule has 3 rings (SSSR count). The van der Waals surface area contributed by atoms with Gasteiger partial charge in [-0.3, -0.25) is 9.10 Å². The fourth-order valence-corrected chi connectivity index (χ4v) is 4.19. The third kappa shape index (κ3) is 4.44. The highest BCUT2D eigenvalue weighted by Gasteiger charge is 2.35. The molecule has 1 atom stereocenters. The van der Waals surface area contributed by atoms with Gasteiger partial charge in [-0.25, -0.2) is 12.8 Å². The van der Waals surface area contributed by atoms with Crippen LogP contribution in [0.2, 0.25) is 0 Å². The van der Waals surface area contributed by atoms with E-state index in [1.807, 2.05) is 38.1 Å². The predicted molar refractivity (Wildman–Crippen MR) is 105 cm³/mol. The highest BCUT2D eigenvalue weighted by molar-refractivity contribution is 7.92. The summed E-state index contributed by atoms with van der Waals surface area (Å²) in [5.41, 5.74) is 0.175. The molecule has 28 heavy (non-hydrogen) atoms. The van der Waals surface area contributed by atoms with Crippen molar-refractivity contribution in [3.05, 3.63) is 59.9 Å². The molecule has 2 aromatic rings. The summed E-state index contributed by atoms with van der Waals surface area (Å²) in [6, 6.07) is 12.5. The summed E-state index contributed by atoms with van der Waals surface area (Å²) in [5, 5.41) is 2.87. The average molecular weight is 406 g/mol. The Kier molecular flexibility index (Phi) is 5.34. The Morgan fingerprint density at radius 2 is 1.86 bits per heavy atom.